The number of nitrogens with zero attached hydrogens (tertiary/aromatic N) is 1. The molecule has 1 heterocycles. The van der Waals surface area contributed by atoms with E-state index in [1.165, 1.54) is 0 Å². The van der Waals surface area contributed by atoms with Gasteiger partial charge in [0, 0.05) is 32.1 Å². The second-order valence-electron chi connectivity index (χ2n) is 6.46. The van der Waals surface area contributed by atoms with E-state index < -0.39 is 5.41 Å². The molecule has 0 saturated carbocycles. The Kier molecular flexibility index (Phi) is 5.99. The number of carbonyl (C=O) groups excluding carboxylic acids is 2. The minimum Gasteiger partial charge on any atom is -0.359 e. The quantitative estimate of drug-likeness (QED) is 0.767. The monoisotopic (exact) mass is 283 g/mol. The summed E-state index contributed by atoms with van der Waals surface area (Å²) in [7, 11) is 1.65. The predicted octanol–water partition coefficient (Wildman–Crippen LogP) is 1.12. The first-order valence-electron chi connectivity index (χ1n) is 7.56. The van der Waals surface area contributed by atoms with Crippen LogP contribution in [0.1, 0.15) is 46.5 Å². The average molecular weight is 283 g/mol. The fourth-order valence-corrected chi connectivity index (χ4v) is 2.82. The van der Waals surface area contributed by atoms with Gasteiger partial charge in [0.1, 0.15) is 0 Å². The van der Waals surface area contributed by atoms with Crippen LogP contribution < -0.4 is 11.1 Å². The van der Waals surface area contributed by atoms with Crippen molar-refractivity contribution in [2.45, 2.75) is 52.5 Å². The molecular formula is C15H29N3O2. The molecule has 1 rings (SSSR count). The molecule has 0 radical (unpaired) electrons. The summed E-state index contributed by atoms with van der Waals surface area (Å²) in [5, 5.41) is 2.69. The zero-order valence-corrected chi connectivity index (χ0v) is 13.2. The number of hydrogen-bond acceptors (Lipinski definition) is 3. The second kappa shape index (κ2) is 7.07. The normalized spacial score (nSPS) is 25.4. The molecular weight excluding hydrogens is 254 g/mol. The Morgan fingerprint density at radius 3 is 2.55 bits per heavy atom. The molecule has 0 aromatic heterocycles. The van der Waals surface area contributed by atoms with E-state index in [4.69, 9.17) is 5.73 Å². The summed E-state index contributed by atoms with van der Waals surface area (Å²) in [5.74, 6) is 0.209. The van der Waals surface area contributed by atoms with Crippen molar-refractivity contribution < 1.29 is 9.59 Å². The van der Waals surface area contributed by atoms with Crippen molar-refractivity contribution in [3.05, 3.63) is 0 Å². The van der Waals surface area contributed by atoms with Crippen LogP contribution >= 0.6 is 0 Å². The Labute approximate surface area is 122 Å². The molecule has 116 valence electrons. The molecule has 3 N–H and O–H groups in total. The minimum absolute atomic E-state index is 0.0146. The van der Waals surface area contributed by atoms with Crippen LogP contribution in [0.3, 0.4) is 0 Å². The third-order valence-corrected chi connectivity index (χ3v) is 4.28. The summed E-state index contributed by atoms with van der Waals surface area (Å²) < 4.78 is 0. The topological polar surface area (TPSA) is 75.4 Å². The molecule has 0 aliphatic carbocycles. The van der Waals surface area contributed by atoms with E-state index in [1.54, 1.807) is 7.05 Å². The van der Waals surface area contributed by atoms with Crippen LogP contribution in [0.15, 0.2) is 0 Å². The molecule has 1 saturated heterocycles. The summed E-state index contributed by atoms with van der Waals surface area (Å²) in [6, 6.07) is 0.195. The van der Waals surface area contributed by atoms with Crippen molar-refractivity contribution in [3.8, 4) is 0 Å². The molecule has 0 spiro atoms. The van der Waals surface area contributed by atoms with Crippen molar-refractivity contribution in [1.29, 1.82) is 0 Å². The van der Waals surface area contributed by atoms with Gasteiger partial charge in [0.05, 0.1) is 5.41 Å². The van der Waals surface area contributed by atoms with E-state index >= 15 is 0 Å². The Morgan fingerprint density at radius 2 is 2.00 bits per heavy atom. The summed E-state index contributed by atoms with van der Waals surface area (Å²) in [6.07, 6.45) is 3.54. The Morgan fingerprint density at radius 1 is 1.35 bits per heavy atom. The summed E-state index contributed by atoms with van der Waals surface area (Å²) in [4.78, 5) is 26.1. The van der Waals surface area contributed by atoms with Crippen LogP contribution in [-0.4, -0.2) is 42.9 Å². The van der Waals surface area contributed by atoms with E-state index in [1.807, 2.05) is 25.7 Å². The zero-order chi connectivity index (χ0) is 15.3. The Bertz CT molecular complexity index is 357. The van der Waals surface area contributed by atoms with Gasteiger partial charge in [0.2, 0.25) is 11.8 Å². The summed E-state index contributed by atoms with van der Waals surface area (Å²) in [6.45, 7) is 7.10. The number of hydrogen-bond donors (Lipinski definition) is 2. The lowest BCUT2D eigenvalue weighted by molar-refractivity contribution is -0.135. The van der Waals surface area contributed by atoms with Crippen LogP contribution in [0.5, 0.6) is 0 Å². The van der Waals surface area contributed by atoms with Gasteiger partial charge in [-0.15, -0.1) is 0 Å². The first-order chi connectivity index (χ1) is 9.30. The molecule has 20 heavy (non-hydrogen) atoms. The number of rotatable bonds is 6. The summed E-state index contributed by atoms with van der Waals surface area (Å²) in [5.41, 5.74) is 5.29. The maximum Gasteiger partial charge on any atom is 0.227 e. The standard InChI is InChI=1S/C15H29N3O2/c1-11(6-5-7-12(2)16)13(19)18-9-8-15(3,10-18)14(20)17-4/h11-12H,5-10,16H2,1-4H3,(H,17,20). The smallest absolute Gasteiger partial charge is 0.227 e. The molecule has 5 heteroatoms. The summed E-state index contributed by atoms with van der Waals surface area (Å²) >= 11 is 0. The molecule has 5 nitrogen and oxygen atoms in total. The van der Waals surface area contributed by atoms with Gasteiger partial charge in [-0.25, -0.2) is 0 Å². The van der Waals surface area contributed by atoms with Crippen molar-refractivity contribution in [3.63, 3.8) is 0 Å². The van der Waals surface area contributed by atoms with Gasteiger partial charge in [-0.05, 0) is 33.1 Å². The SMILES string of the molecule is CNC(=O)C1(C)CCN(C(=O)C(C)CCCC(C)N)C1. The zero-order valence-electron chi connectivity index (χ0n) is 13.2. The molecule has 1 fully saturated rings. The fourth-order valence-electron chi connectivity index (χ4n) is 2.82. The lowest BCUT2D eigenvalue weighted by Gasteiger charge is -2.24. The van der Waals surface area contributed by atoms with Crippen molar-refractivity contribution >= 4 is 11.8 Å². The molecule has 3 unspecified atom stereocenters. The van der Waals surface area contributed by atoms with E-state index in [0.717, 1.165) is 25.7 Å². The molecule has 0 bridgehead atoms. The first kappa shape index (κ1) is 17.0. The molecule has 0 aromatic carbocycles. The highest BCUT2D eigenvalue weighted by Gasteiger charge is 2.42. The van der Waals surface area contributed by atoms with Crippen molar-refractivity contribution in [1.82, 2.24) is 10.2 Å². The third-order valence-electron chi connectivity index (χ3n) is 4.28. The minimum atomic E-state index is -0.435. The highest BCUT2D eigenvalue weighted by molar-refractivity contribution is 5.85. The molecule has 2 amide bonds. The van der Waals surface area contributed by atoms with Crippen LogP contribution in [0.4, 0.5) is 0 Å². The van der Waals surface area contributed by atoms with E-state index in [-0.39, 0.29) is 23.8 Å². The first-order valence-corrected chi connectivity index (χ1v) is 7.56. The van der Waals surface area contributed by atoms with Crippen LogP contribution in [-0.2, 0) is 9.59 Å². The van der Waals surface area contributed by atoms with Gasteiger partial charge < -0.3 is 16.0 Å². The Hall–Kier alpha value is -1.10. The van der Waals surface area contributed by atoms with E-state index in [2.05, 4.69) is 5.32 Å². The van der Waals surface area contributed by atoms with E-state index in [9.17, 15) is 9.59 Å². The lowest BCUT2D eigenvalue weighted by Crippen LogP contribution is -2.41. The molecule has 3 atom stereocenters. The largest absolute Gasteiger partial charge is 0.359 e. The fraction of sp³-hybridized carbons (Fsp3) is 0.867. The third kappa shape index (κ3) is 4.20. The number of nitrogens with one attached hydrogen (secondary N) is 1. The maximum absolute atomic E-state index is 12.4. The lowest BCUT2D eigenvalue weighted by atomic mass is 9.89. The highest BCUT2D eigenvalue weighted by Crippen LogP contribution is 2.31. The van der Waals surface area contributed by atoms with Gasteiger partial charge in [-0.2, -0.15) is 0 Å². The number of amides is 2. The molecule has 0 aromatic rings. The second-order valence-corrected chi connectivity index (χ2v) is 6.46. The van der Waals surface area contributed by atoms with Gasteiger partial charge in [0.15, 0.2) is 0 Å². The van der Waals surface area contributed by atoms with Crippen LogP contribution in [0, 0.1) is 11.3 Å². The maximum atomic E-state index is 12.4. The number of likely N-dealkylation sites (tertiary alicyclic amines) is 1. The Balaban J connectivity index is 2.47. The van der Waals surface area contributed by atoms with Crippen molar-refractivity contribution in [2.24, 2.45) is 17.1 Å². The van der Waals surface area contributed by atoms with Crippen molar-refractivity contribution in [2.75, 3.05) is 20.1 Å². The molecule has 1 aliphatic rings. The highest BCUT2D eigenvalue weighted by atomic mass is 16.2. The van der Waals surface area contributed by atoms with Gasteiger partial charge in [0.25, 0.3) is 0 Å². The number of carbonyl (C=O) groups is 2. The van der Waals surface area contributed by atoms with Gasteiger partial charge in [-0.3, -0.25) is 9.59 Å². The average Bonchev–Trinajstić information content (AvgIpc) is 2.80. The van der Waals surface area contributed by atoms with E-state index in [0.29, 0.717) is 13.1 Å². The number of nitrogens with two attached hydrogens (primary N) is 1. The molecule has 1 aliphatic heterocycles. The van der Waals surface area contributed by atoms with Gasteiger partial charge in [-0.1, -0.05) is 13.3 Å². The van der Waals surface area contributed by atoms with Gasteiger partial charge >= 0.3 is 0 Å². The van der Waals surface area contributed by atoms with Crippen LogP contribution in [0.25, 0.3) is 0 Å². The van der Waals surface area contributed by atoms with Crippen LogP contribution in [0.2, 0.25) is 0 Å². The predicted molar refractivity (Wildman–Crippen MR) is 80.0 cm³/mol.